The number of nitro groups is 1. The summed E-state index contributed by atoms with van der Waals surface area (Å²) in [4.78, 5) is 23.5. The number of esters is 1. The van der Waals surface area contributed by atoms with E-state index in [1.807, 2.05) is 12.1 Å². The third kappa shape index (κ3) is 4.21. The summed E-state index contributed by atoms with van der Waals surface area (Å²) in [5, 5.41) is 13.2. The van der Waals surface area contributed by atoms with Gasteiger partial charge in [-0.3, -0.25) is 10.1 Å². The predicted octanol–water partition coefficient (Wildman–Crippen LogP) is 4.38. The second kappa shape index (κ2) is 8.47. The van der Waals surface area contributed by atoms with Crippen molar-refractivity contribution < 1.29 is 28.7 Å². The van der Waals surface area contributed by atoms with Crippen LogP contribution in [0.2, 0.25) is 0 Å². The molecule has 0 radical (unpaired) electrons. The molecule has 3 aromatic carbocycles. The van der Waals surface area contributed by atoms with Crippen molar-refractivity contribution in [3.05, 3.63) is 64.2 Å². The SMILES string of the molecule is CCOc1cc([N+](=O)[O-])c(C(=O)Oc2ccc3ccc(OC)cc3c2)cc1OC. The fraction of sp³-hybridized carbons (Fsp3) is 0.190. The number of fused-ring (bicyclic) bond motifs is 1. The van der Waals surface area contributed by atoms with Crippen molar-refractivity contribution in [1.82, 2.24) is 0 Å². The van der Waals surface area contributed by atoms with Crippen LogP contribution in [-0.2, 0) is 0 Å². The van der Waals surface area contributed by atoms with Gasteiger partial charge in [0.2, 0.25) is 0 Å². The summed E-state index contributed by atoms with van der Waals surface area (Å²) in [6, 6.07) is 13.0. The number of carbonyl (C=O) groups is 1. The van der Waals surface area contributed by atoms with Gasteiger partial charge < -0.3 is 18.9 Å². The fourth-order valence-corrected chi connectivity index (χ4v) is 2.85. The second-order valence-corrected chi connectivity index (χ2v) is 5.97. The molecule has 8 heteroatoms. The molecule has 0 bridgehead atoms. The highest BCUT2D eigenvalue weighted by Crippen LogP contribution is 2.35. The largest absolute Gasteiger partial charge is 0.497 e. The summed E-state index contributed by atoms with van der Waals surface area (Å²) < 4.78 is 21.1. The second-order valence-electron chi connectivity index (χ2n) is 5.97. The van der Waals surface area contributed by atoms with Crippen molar-refractivity contribution in [3.8, 4) is 23.0 Å². The molecule has 0 saturated carbocycles. The normalized spacial score (nSPS) is 10.4. The molecule has 0 aromatic heterocycles. The van der Waals surface area contributed by atoms with Gasteiger partial charge in [-0.1, -0.05) is 12.1 Å². The average molecular weight is 397 g/mol. The predicted molar refractivity (Wildman–Crippen MR) is 106 cm³/mol. The molecule has 0 fully saturated rings. The van der Waals surface area contributed by atoms with Crippen LogP contribution >= 0.6 is 0 Å². The summed E-state index contributed by atoms with van der Waals surface area (Å²) in [6.07, 6.45) is 0. The van der Waals surface area contributed by atoms with Gasteiger partial charge in [-0.05, 0) is 42.0 Å². The van der Waals surface area contributed by atoms with Crippen molar-refractivity contribution in [3.63, 3.8) is 0 Å². The summed E-state index contributed by atoms with van der Waals surface area (Å²) in [6.45, 7) is 2.03. The van der Waals surface area contributed by atoms with Crippen molar-refractivity contribution in [1.29, 1.82) is 0 Å². The van der Waals surface area contributed by atoms with Gasteiger partial charge >= 0.3 is 5.97 Å². The van der Waals surface area contributed by atoms with E-state index in [1.54, 1.807) is 38.3 Å². The summed E-state index contributed by atoms with van der Waals surface area (Å²) in [7, 11) is 2.94. The van der Waals surface area contributed by atoms with E-state index in [-0.39, 0.29) is 29.4 Å². The molecule has 0 atom stereocenters. The van der Waals surface area contributed by atoms with Crippen LogP contribution in [0.1, 0.15) is 17.3 Å². The number of benzene rings is 3. The molecule has 0 amide bonds. The van der Waals surface area contributed by atoms with Gasteiger partial charge in [0.05, 0.1) is 31.8 Å². The van der Waals surface area contributed by atoms with Crippen LogP contribution in [0.3, 0.4) is 0 Å². The number of nitro benzene ring substituents is 1. The Morgan fingerprint density at radius 3 is 2.24 bits per heavy atom. The first-order chi connectivity index (χ1) is 14.0. The zero-order valence-electron chi connectivity index (χ0n) is 16.1. The van der Waals surface area contributed by atoms with Crippen LogP contribution in [-0.4, -0.2) is 31.7 Å². The van der Waals surface area contributed by atoms with Gasteiger partial charge in [0, 0.05) is 6.07 Å². The van der Waals surface area contributed by atoms with E-state index >= 15 is 0 Å². The molecule has 0 unspecified atom stereocenters. The van der Waals surface area contributed by atoms with Crippen molar-refractivity contribution in [2.24, 2.45) is 0 Å². The quantitative estimate of drug-likeness (QED) is 0.252. The lowest BCUT2D eigenvalue weighted by atomic mass is 10.1. The molecule has 0 heterocycles. The lowest BCUT2D eigenvalue weighted by Gasteiger charge is -2.12. The molecule has 150 valence electrons. The molecule has 8 nitrogen and oxygen atoms in total. The number of hydrogen-bond acceptors (Lipinski definition) is 7. The van der Waals surface area contributed by atoms with Gasteiger partial charge in [-0.25, -0.2) is 4.79 Å². The Bertz CT molecular complexity index is 1080. The van der Waals surface area contributed by atoms with E-state index < -0.39 is 16.6 Å². The first-order valence-corrected chi connectivity index (χ1v) is 8.76. The van der Waals surface area contributed by atoms with E-state index in [9.17, 15) is 14.9 Å². The van der Waals surface area contributed by atoms with E-state index in [1.165, 1.54) is 13.2 Å². The molecule has 0 N–H and O–H groups in total. The standard InChI is InChI=1S/C21H19NO7/c1-4-28-20-12-18(22(24)25)17(11-19(20)27-3)21(23)29-16-8-6-13-5-7-15(26-2)9-14(13)10-16/h5-12H,4H2,1-3H3. The zero-order chi connectivity index (χ0) is 21.0. The first kappa shape index (κ1) is 19.9. The summed E-state index contributed by atoms with van der Waals surface area (Å²) in [5.41, 5.74) is -0.664. The van der Waals surface area contributed by atoms with Gasteiger partial charge in [0.1, 0.15) is 17.1 Å². The van der Waals surface area contributed by atoms with Crippen LogP contribution in [0.25, 0.3) is 10.8 Å². The Morgan fingerprint density at radius 1 is 0.931 bits per heavy atom. The smallest absolute Gasteiger partial charge is 0.350 e. The maximum Gasteiger partial charge on any atom is 0.350 e. The molecule has 0 spiro atoms. The minimum Gasteiger partial charge on any atom is -0.497 e. The Morgan fingerprint density at radius 2 is 1.62 bits per heavy atom. The van der Waals surface area contributed by atoms with Crippen molar-refractivity contribution in [2.45, 2.75) is 6.92 Å². The van der Waals surface area contributed by atoms with Crippen molar-refractivity contribution >= 4 is 22.4 Å². The van der Waals surface area contributed by atoms with Gasteiger partial charge in [-0.2, -0.15) is 0 Å². The Balaban J connectivity index is 1.97. The maximum absolute atomic E-state index is 12.7. The highest BCUT2D eigenvalue weighted by molar-refractivity contribution is 5.97. The van der Waals surface area contributed by atoms with Crippen LogP contribution in [0.5, 0.6) is 23.0 Å². The number of nitrogens with zero attached hydrogens (tertiary/aromatic N) is 1. The van der Waals surface area contributed by atoms with Gasteiger partial charge in [0.15, 0.2) is 11.5 Å². The zero-order valence-corrected chi connectivity index (χ0v) is 16.1. The highest BCUT2D eigenvalue weighted by atomic mass is 16.6. The lowest BCUT2D eigenvalue weighted by Crippen LogP contribution is -2.12. The van der Waals surface area contributed by atoms with E-state index in [2.05, 4.69) is 0 Å². The highest BCUT2D eigenvalue weighted by Gasteiger charge is 2.26. The molecular formula is C21H19NO7. The Labute approximate surface area is 166 Å². The van der Waals surface area contributed by atoms with E-state index in [0.29, 0.717) is 5.75 Å². The monoisotopic (exact) mass is 397 g/mol. The molecule has 3 aromatic rings. The van der Waals surface area contributed by atoms with Crippen LogP contribution < -0.4 is 18.9 Å². The van der Waals surface area contributed by atoms with Crippen LogP contribution in [0.15, 0.2) is 48.5 Å². The fourth-order valence-electron chi connectivity index (χ4n) is 2.85. The third-order valence-electron chi connectivity index (χ3n) is 4.23. The Hall–Kier alpha value is -3.81. The van der Waals surface area contributed by atoms with Gasteiger partial charge in [0.25, 0.3) is 5.69 Å². The Kier molecular flexibility index (Phi) is 5.82. The average Bonchev–Trinajstić information content (AvgIpc) is 2.72. The molecular weight excluding hydrogens is 378 g/mol. The summed E-state index contributed by atoms with van der Waals surface area (Å²) >= 11 is 0. The van der Waals surface area contributed by atoms with Crippen molar-refractivity contribution in [2.75, 3.05) is 20.8 Å². The van der Waals surface area contributed by atoms with E-state index in [4.69, 9.17) is 18.9 Å². The molecule has 3 rings (SSSR count). The molecule has 29 heavy (non-hydrogen) atoms. The lowest BCUT2D eigenvalue weighted by molar-refractivity contribution is -0.385. The molecule has 0 aliphatic carbocycles. The van der Waals surface area contributed by atoms with Crippen LogP contribution in [0.4, 0.5) is 5.69 Å². The number of methoxy groups -OCH3 is 2. The minimum absolute atomic E-state index is 0.177. The number of ether oxygens (including phenoxy) is 4. The number of hydrogen-bond donors (Lipinski definition) is 0. The minimum atomic E-state index is -0.875. The summed E-state index contributed by atoms with van der Waals surface area (Å²) in [5.74, 6) is 0.412. The van der Waals surface area contributed by atoms with Crippen LogP contribution in [0, 0.1) is 10.1 Å². The maximum atomic E-state index is 12.7. The third-order valence-corrected chi connectivity index (χ3v) is 4.23. The number of rotatable bonds is 7. The van der Waals surface area contributed by atoms with E-state index in [0.717, 1.165) is 16.8 Å². The topological polar surface area (TPSA) is 97.1 Å². The first-order valence-electron chi connectivity index (χ1n) is 8.76. The molecule has 0 saturated heterocycles. The molecule has 0 aliphatic heterocycles. The number of carbonyl (C=O) groups excluding carboxylic acids is 1. The van der Waals surface area contributed by atoms with Gasteiger partial charge in [-0.15, -0.1) is 0 Å². The molecule has 0 aliphatic rings.